The van der Waals surface area contributed by atoms with Crippen molar-refractivity contribution >= 4 is 50.9 Å². The fraction of sp³-hybridized carbons (Fsp3) is 0.300. The van der Waals surface area contributed by atoms with E-state index in [1.165, 1.54) is 6.33 Å². The summed E-state index contributed by atoms with van der Waals surface area (Å²) in [5.41, 5.74) is 5.12. The number of fused-ring (bicyclic) bond motifs is 1. The van der Waals surface area contributed by atoms with Gasteiger partial charge in [-0.15, -0.1) is 0 Å². The van der Waals surface area contributed by atoms with Crippen LogP contribution >= 0.6 is 22.6 Å². The summed E-state index contributed by atoms with van der Waals surface area (Å²) in [4.78, 5) is 22.2. The van der Waals surface area contributed by atoms with Crippen molar-refractivity contribution in [2.24, 2.45) is 13.0 Å². The quantitative estimate of drug-likeness (QED) is 0.393. The maximum Gasteiger partial charge on any atom is 0.277 e. The Bertz CT molecular complexity index is 1060. The highest BCUT2D eigenvalue weighted by Crippen LogP contribution is 2.32. The molecule has 1 aromatic heterocycles. The molecule has 1 fully saturated rings. The Balaban J connectivity index is 1.73. The molecular weight excluding hydrogens is 474 g/mol. The molecule has 1 aliphatic rings. The topological polar surface area (TPSA) is 68.2 Å². The standard InChI is InChI=1S/C20H20FIN4O2/c1-11-7-13(22)5-6-15(11)24-18-14(20(27)25-28-9-12-3-4-12)8-16-19(17(18)21)23-10-26(16)2/h5-8,10,12,24H,3-4,9H2,1-2H3,(H,25,27). The van der Waals surface area contributed by atoms with Gasteiger partial charge in [-0.25, -0.2) is 14.9 Å². The van der Waals surface area contributed by atoms with E-state index in [2.05, 4.69) is 38.4 Å². The highest BCUT2D eigenvalue weighted by atomic mass is 127. The van der Waals surface area contributed by atoms with E-state index in [0.717, 1.165) is 27.7 Å². The fourth-order valence-corrected chi connectivity index (χ4v) is 3.64. The highest BCUT2D eigenvalue weighted by molar-refractivity contribution is 14.1. The molecule has 0 atom stereocenters. The van der Waals surface area contributed by atoms with Crippen molar-refractivity contribution in [2.45, 2.75) is 19.8 Å². The van der Waals surface area contributed by atoms with Crippen LogP contribution in [0.1, 0.15) is 28.8 Å². The van der Waals surface area contributed by atoms with E-state index in [-0.39, 0.29) is 16.8 Å². The zero-order valence-electron chi connectivity index (χ0n) is 15.6. The second-order valence-corrected chi connectivity index (χ2v) is 8.35. The number of nitrogens with zero attached hydrogens (tertiary/aromatic N) is 2. The summed E-state index contributed by atoms with van der Waals surface area (Å²) >= 11 is 2.22. The van der Waals surface area contributed by atoms with Gasteiger partial charge in [0.15, 0.2) is 5.82 Å². The normalized spacial score (nSPS) is 13.7. The van der Waals surface area contributed by atoms with E-state index >= 15 is 4.39 Å². The number of aromatic nitrogens is 2. The summed E-state index contributed by atoms with van der Waals surface area (Å²) in [5.74, 6) is -0.555. The van der Waals surface area contributed by atoms with Crippen LogP contribution in [0, 0.1) is 22.2 Å². The molecule has 6 nitrogen and oxygen atoms in total. The number of halogens is 2. The number of aryl methyl sites for hydroxylation is 2. The summed E-state index contributed by atoms with van der Waals surface area (Å²) < 4.78 is 18.1. The van der Waals surface area contributed by atoms with Gasteiger partial charge in [-0.2, -0.15) is 0 Å². The monoisotopic (exact) mass is 494 g/mol. The number of carbonyl (C=O) groups is 1. The number of anilines is 2. The summed E-state index contributed by atoms with van der Waals surface area (Å²) in [7, 11) is 1.76. The fourth-order valence-electron chi connectivity index (χ4n) is 2.99. The molecule has 3 aromatic rings. The minimum absolute atomic E-state index is 0.0861. The molecule has 146 valence electrons. The maximum absolute atomic E-state index is 15.3. The van der Waals surface area contributed by atoms with Gasteiger partial charge in [-0.1, -0.05) is 0 Å². The van der Waals surface area contributed by atoms with Gasteiger partial charge in [0, 0.05) is 16.3 Å². The van der Waals surface area contributed by atoms with Gasteiger partial charge in [0.2, 0.25) is 0 Å². The molecule has 1 heterocycles. The molecule has 2 aromatic carbocycles. The van der Waals surface area contributed by atoms with Gasteiger partial charge in [-0.3, -0.25) is 9.63 Å². The Hall–Kier alpha value is -2.20. The number of hydroxylamine groups is 1. The van der Waals surface area contributed by atoms with E-state index in [9.17, 15) is 4.79 Å². The summed E-state index contributed by atoms with van der Waals surface area (Å²) in [6.45, 7) is 2.40. The summed E-state index contributed by atoms with van der Waals surface area (Å²) in [6.07, 6.45) is 3.76. The van der Waals surface area contributed by atoms with Crippen molar-refractivity contribution in [1.29, 1.82) is 0 Å². The lowest BCUT2D eigenvalue weighted by molar-refractivity contribution is 0.0271. The number of hydrogen-bond acceptors (Lipinski definition) is 4. The van der Waals surface area contributed by atoms with E-state index in [1.54, 1.807) is 17.7 Å². The van der Waals surface area contributed by atoms with E-state index in [0.29, 0.717) is 18.0 Å². The van der Waals surface area contributed by atoms with Crippen molar-refractivity contribution < 1.29 is 14.0 Å². The lowest BCUT2D eigenvalue weighted by atomic mass is 10.1. The van der Waals surface area contributed by atoms with Crippen LogP contribution in [-0.4, -0.2) is 22.1 Å². The molecule has 0 radical (unpaired) electrons. The first-order valence-electron chi connectivity index (χ1n) is 9.03. The average molecular weight is 494 g/mol. The van der Waals surface area contributed by atoms with Gasteiger partial charge in [0.25, 0.3) is 5.91 Å². The first-order chi connectivity index (χ1) is 13.4. The number of benzene rings is 2. The molecular formula is C20H20FIN4O2. The van der Waals surface area contributed by atoms with Crippen molar-refractivity contribution in [1.82, 2.24) is 15.0 Å². The number of imidazole rings is 1. The van der Waals surface area contributed by atoms with Crippen LogP contribution in [0.5, 0.6) is 0 Å². The minimum atomic E-state index is -0.566. The van der Waals surface area contributed by atoms with E-state index in [1.807, 2.05) is 25.1 Å². The third-order valence-electron chi connectivity index (χ3n) is 4.83. The van der Waals surface area contributed by atoms with Crippen molar-refractivity contribution in [2.75, 3.05) is 11.9 Å². The minimum Gasteiger partial charge on any atom is -0.352 e. The number of rotatable bonds is 6. The molecule has 0 saturated heterocycles. The predicted molar refractivity (Wildman–Crippen MR) is 114 cm³/mol. The highest BCUT2D eigenvalue weighted by Gasteiger charge is 2.24. The van der Waals surface area contributed by atoms with Crippen molar-refractivity contribution in [3.8, 4) is 0 Å². The number of hydrogen-bond donors (Lipinski definition) is 2. The molecule has 0 bridgehead atoms. The van der Waals surface area contributed by atoms with Crippen molar-refractivity contribution in [3.63, 3.8) is 0 Å². The molecule has 1 amide bonds. The first-order valence-corrected chi connectivity index (χ1v) is 10.1. The zero-order valence-corrected chi connectivity index (χ0v) is 17.7. The SMILES string of the molecule is Cc1cc(I)ccc1Nc1c(C(=O)NOCC2CC2)cc2c(ncn2C)c1F. The number of carbonyl (C=O) groups excluding carboxylic acids is 1. The Morgan fingerprint density at radius 3 is 2.89 bits per heavy atom. The molecule has 0 aliphatic heterocycles. The molecule has 2 N–H and O–H groups in total. The van der Waals surface area contributed by atoms with Gasteiger partial charge in [0.05, 0.1) is 29.7 Å². The number of nitrogens with one attached hydrogen (secondary N) is 2. The average Bonchev–Trinajstić information content (AvgIpc) is 3.40. The lowest BCUT2D eigenvalue weighted by Gasteiger charge is -2.16. The zero-order chi connectivity index (χ0) is 19.8. The maximum atomic E-state index is 15.3. The van der Waals surface area contributed by atoms with Crippen LogP contribution in [0.25, 0.3) is 11.0 Å². The summed E-state index contributed by atoms with van der Waals surface area (Å²) in [5, 5.41) is 3.09. The smallest absolute Gasteiger partial charge is 0.277 e. The van der Waals surface area contributed by atoms with Crippen LogP contribution in [0.4, 0.5) is 15.8 Å². The number of amides is 1. The molecule has 4 rings (SSSR count). The van der Waals surface area contributed by atoms with Crippen LogP contribution in [0.3, 0.4) is 0 Å². The summed E-state index contributed by atoms with van der Waals surface area (Å²) in [6, 6.07) is 7.40. The predicted octanol–water partition coefficient (Wildman–Crippen LogP) is 4.44. The lowest BCUT2D eigenvalue weighted by Crippen LogP contribution is -2.26. The molecule has 1 aliphatic carbocycles. The second kappa shape index (κ2) is 7.67. The first kappa shape index (κ1) is 19.1. The van der Waals surface area contributed by atoms with Gasteiger partial charge in [-0.05, 0) is 78.1 Å². The van der Waals surface area contributed by atoms with E-state index in [4.69, 9.17) is 4.84 Å². The van der Waals surface area contributed by atoms with Gasteiger partial charge >= 0.3 is 0 Å². The molecule has 0 unspecified atom stereocenters. The Morgan fingerprint density at radius 1 is 1.39 bits per heavy atom. The second-order valence-electron chi connectivity index (χ2n) is 7.11. The molecule has 0 spiro atoms. The van der Waals surface area contributed by atoms with Crippen LogP contribution < -0.4 is 10.8 Å². The van der Waals surface area contributed by atoms with Crippen LogP contribution in [-0.2, 0) is 11.9 Å². The third kappa shape index (κ3) is 3.83. The molecule has 8 heteroatoms. The van der Waals surface area contributed by atoms with E-state index < -0.39 is 11.7 Å². The van der Waals surface area contributed by atoms with Crippen LogP contribution in [0.2, 0.25) is 0 Å². The Labute approximate surface area is 175 Å². The van der Waals surface area contributed by atoms with Gasteiger partial charge in [0.1, 0.15) is 5.52 Å². The van der Waals surface area contributed by atoms with Crippen molar-refractivity contribution in [3.05, 3.63) is 51.1 Å². The molecule has 28 heavy (non-hydrogen) atoms. The Kier molecular flexibility index (Phi) is 5.24. The van der Waals surface area contributed by atoms with Crippen LogP contribution in [0.15, 0.2) is 30.6 Å². The third-order valence-corrected chi connectivity index (χ3v) is 5.51. The Morgan fingerprint density at radius 2 is 2.18 bits per heavy atom. The molecule has 1 saturated carbocycles. The largest absolute Gasteiger partial charge is 0.352 e. The van der Waals surface area contributed by atoms with Gasteiger partial charge < -0.3 is 9.88 Å².